The number of aromatic nitrogens is 1. The van der Waals surface area contributed by atoms with Crippen LogP contribution in [-0.4, -0.2) is 47.3 Å². The van der Waals surface area contributed by atoms with Crippen molar-refractivity contribution in [2.45, 2.75) is 11.4 Å². The van der Waals surface area contributed by atoms with Crippen LogP contribution in [0.15, 0.2) is 65.7 Å². The number of benzene rings is 2. The molecule has 0 saturated carbocycles. The topological polar surface area (TPSA) is 107 Å². The molecular weight excluding hydrogens is 457 g/mol. The Morgan fingerprint density at radius 2 is 1.78 bits per heavy atom. The summed E-state index contributed by atoms with van der Waals surface area (Å²) in [4.78, 5) is -0.145. The molecule has 2 aromatic carbocycles. The first-order chi connectivity index (χ1) is 15.2. The van der Waals surface area contributed by atoms with E-state index in [2.05, 4.69) is 10.0 Å². The molecular formula is C21H24FN3O5S2. The smallest absolute Gasteiger partial charge is 0.268 e. The quantitative estimate of drug-likeness (QED) is 0.461. The maximum atomic E-state index is 14.5. The molecule has 0 aliphatic heterocycles. The Hall–Kier alpha value is -2.73. The fourth-order valence-corrected chi connectivity index (χ4v) is 5.53. The Labute approximate surface area is 187 Å². The fourth-order valence-electron chi connectivity index (χ4n) is 3.12. The first kappa shape index (κ1) is 23.9. The lowest BCUT2D eigenvalue weighted by Crippen LogP contribution is -2.20. The van der Waals surface area contributed by atoms with E-state index < -0.39 is 25.9 Å². The lowest BCUT2D eigenvalue weighted by atomic mass is 10.1. The van der Waals surface area contributed by atoms with Crippen molar-refractivity contribution in [3.05, 3.63) is 72.2 Å². The Bertz CT molecular complexity index is 1300. The second-order valence-corrected chi connectivity index (χ2v) is 10.6. The number of methoxy groups -OCH3 is 1. The highest BCUT2D eigenvalue weighted by Gasteiger charge is 2.24. The molecule has 32 heavy (non-hydrogen) atoms. The summed E-state index contributed by atoms with van der Waals surface area (Å²) in [5.41, 5.74) is 1.04. The highest BCUT2D eigenvalue weighted by atomic mass is 32.2. The minimum atomic E-state index is -4.16. The van der Waals surface area contributed by atoms with Gasteiger partial charge in [0.25, 0.3) is 10.0 Å². The van der Waals surface area contributed by atoms with Crippen LogP contribution in [0.3, 0.4) is 0 Å². The summed E-state index contributed by atoms with van der Waals surface area (Å²) in [7, 11) is -4.78. The van der Waals surface area contributed by atoms with E-state index in [1.165, 1.54) is 55.8 Å². The van der Waals surface area contributed by atoms with E-state index in [1.807, 2.05) is 0 Å². The lowest BCUT2D eigenvalue weighted by Gasteiger charge is -2.13. The molecule has 1 heterocycles. The summed E-state index contributed by atoms with van der Waals surface area (Å²) in [5.74, 6) is -0.833. The van der Waals surface area contributed by atoms with Gasteiger partial charge in [-0.2, -0.15) is 0 Å². The number of nitrogens with zero attached hydrogens (tertiary/aromatic N) is 1. The molecule has 0 aliphatic carbocycles. The Morgan fingerprint density at radius 1 is 1.03 bits per heavy atom. The van der Waals surface area contributed by atoms with Gasteiger partial charge >= 0.3 is 0 Å². The molecule has 0 unspecified atom stereocenters. The van der Waals surface area contributed by atoms with Crippen molar-refractivity contribution < 1.29 is 26.0 Å². The van der Waals surface area contributed by atoms with Crippen LogP contribution < -0.4 is 10.0 Å². The highest BCUT2D eigenvalue weighted by Crippen LogP contribution is 2.30. The monoisotopic (exact) mass is 481 g/mol. The van der Waals surface area contributed by atoms with Gasteiger partial charge in [0.1, 0.15) is 5.82 Å². The molecule has 0 saturated heterocycles. The zero-order valence-corrected chi connectivity index (χ0v) is 19.2. The molecule has 1 aromatic heterocycles. The van der Waals surface area contributed by atoms with Crippen LogP contribution in [0.2, 0.25) is 0 Å². The first-order valence-corrected chi connectivity index (χ1v) is 12.7. The van der Waals surface area contributed by atoms with Crippen LogP contribution in [0.4, 0.5) is 10.1 Å². The average Bonchev–Trinajstić information content (AvgIpc) is 3.17. The molecule has 11 heteroatoms. The predicted octanol–water partition coefficient (Wildman–Crippen LogP) is 2.64. The molecule has 2 N–H and O–H groups in total. The van der Waals surface area contributed by atoms with Crippen molar-refractivity contribution in [2.75, 3.05) is 31.2 Å². The maximum absolute atomic E-state index is 14.5. The summed E-state index contributed by atoms with van der Waals surface area (Å²) in [5, 5.41) is 2.94. The number of halogens is 1. The van der Waals surface area contributed by atoms with Gasteiger partial charge in [0.05, 0.1) is 22.9 Å². The van der Waals surface area contributed by atoms with Gasteiger partial charge < -0.3 is 10.1 Å². The molecule has 0 aliphatic rings. The molecule has 0 atom stereocenters. The van der Waals surface area contributed by atoms with Crippen molar-refractivity contribution in [2.24, 2.45) is 0 Å². The third-order valence-corrected chi connectivity index (χ3v) is 7.51. The van der Waals surface area contributed by atoms with Crippen LogP contribution in [0.25, 0.3) is 11.3 Å². The zero-order chi connectivity index (χ0) is 23.4. The van der Waals surface area contributed by atoms with Gasteiger partial charge in [0, 0.05) is 31.1 Å². The number of anilines is 1. The summed E-state index contributed by atoms with van der Waals surface area (Å²) < 4.78 is 73.9. The predicted molar refractivity (Wildman–Crippen MR) is 121 cm³/mol. The average molecular weight is 482 g/mol. The second kappa shape index (κ2) is 9.82. The number of ether oxygens (including phenoxy) is 1. The van der Waals surface area contributed by atoms with E-state index in [0.29, 0.717) is 12.1 Å². The number of nitrogens with one attached hydrogen (secondary N) is 2. The summed E-state index contributed by atoms with van der Waals surface area (Å²) in [6.07, 6.45) is 1.42. The normalized spacial score (nSPS) is 12.1. The molecule has 0 spiro atoms. The van der Waals surface area contributed by atoms with E-state index in [1.54, 1.807) is 19.2 Å². The Balaban J connectivity index is 2.06. The first-order valence-electron chi connectivity index (χ1n) is 9.64. The van der Waals surface area contributed by atoms with Gasteiger partial charge in [-0.15, -0.1) is 0 Å². The Kier molecular flexibility index (Phi) is 7.34. The number of rotatable bonds is 10. The molecule has 0 radical (unpaired) electrons. The lowest BCUT2D eigenvalue weighted by molar-refractivity contribution is 0.217. The van der Waals surface area contributed by atoms with Gasteiger partial charge in [0.15, 0.2) is 0 Å². The van der Waals surface area contributed by atoms with Crippen molar-refractivity contribution in [3.63, 3.8) is 0 Å². The minimum Gasteiger partial charge on any atom is -0.384 e. The highest BCUT2D eigenvalue weighted by molar-refractivity contribution is 7.92. The van der Waals surface area contributed by atoms with E-state index >= 15 is 0 Å². The van der Waals surface area contributed by atoms with Gasteiger partial charge in [0.2, 0.25) is 10.0 Å². The summed E-state index contributed by atoms with van der Waals surface area (Å²) in [6, 6.07) is 13.0. The SMILES string of the molecule is CNCc1cc(-c2ccccc2F)n(S(=O)(=O)c2cccc(NS(=O)(=O)CCOC)c2)c1. The van der Waals surface area contributed by atoms with Gasteiger partial charge in [-0.05, 0) is 49.0 Å². The van der Waals surface area contributed by atoms with Gasteiger partial charge in [-0.3, -0.25) is 4.72 Å². The van der Waals surface area contributed by atoms with Crippen molar-refractivity contribution >= 4 is 25.7 Å². The van der Waals surface area contributed by atoms with E-state index in [4.69, 9.17) is 4.74 Å². The molecule has 0 fully saturated rings. The van der Waals surface area contributed by atoms with Crippen LogP contribution in [0, 0.1) is 5.82 Å². The molecule has 3 aromatic rings. The van der Waals surface area contributed by atoms with Crippen LogP contribution in [0.5, 0.6) is 0 Å². The number of sulfonamides is 1. The van der Waals surface area contributed by atoms with Crippen LogP contribution in [0.1, 0.15) is 5.56 Å². The Morgan fingerprint density at radius 3 is 2.47 bits per heavy atom. The van der Waals surface area contributed by atoms with E-state index in [9.17, 15) is 21.2 Å². The molecule has 0 amide bonds. The van der Waals surface area contributed by atoms with Crippen molar-refractivity contribution in [1.29, 1.82) is 0 Å². The summed E-state index contributed by atoms with van der Waals surface area (Å²) in [6.45, 7) is 0.375. The van der Waals surface area contributed by atoms with E-state index in [0.717, 1.165) is 3.97 Å². The van der Waals surface area contributed by atoms with Crippen molar-refractivity contribution in [3.8, 4) is 11.3 Å². The standard InChI is InChI=1S/C21H24FN3O5S2/c1-23-14-16-12-21(19-8-3-4-9-20(19)22)25(15-16)32(28,29)18-7-5-6-17(13-18)24-31(26,27)11-10-30-2/h3-9,12-13,15,23-24H,10-11,14H2,1-2H3. The number of hydrogen-bond donors (Lipinski definition) is 2. The minimum absolute atomic E-state index is 0.00305. The van der Waals surface area contributed by atoms with Crippen LogP contribution >= 0.6 is 0 Å². The third-order valence-electron chi connectivity index (χ3n) is 4.59. The van der Waals surface area contributed by atoms with Gasteiger partial charge in [-0.1, -0.05) is 18.2 Å². The fraction of sp³-hybridized carbons (Fsp3) is 0.238. The molecule has 172 valence electrons. The summed E-state index contributed by atoms with van der Waals surface area (Å²) >= 11 is 0. The second-order valence-electron chi connectivity index (χ2n) is 6.99. The molecule has 8 nitrogen and oxygen atoms in total. The number of hydrogen-bond acceptors (Lipinski definition) is 6. The molecule has 3 rings (SSSR count). The van der Waals surface area contributed by atoms with E-state index in [-0.39, 0.29) is 34.2 Å². The van der Waals surface area contributed by atoms with Gasteiger partial charge in [-0.25, -0.2) is 25.2 Å². The van der Waals surface area contributed by atoms with Crippen LogP contribution in [-0.2, 0) is 31.3 Å². The maximum Gasteiger partial charge on any atom is 0.268 e. The third kappa shape index (κ3) is 5.36. The largest absolute Gasteiger partial charge is 0.384 e. The van der Waals surface area contributed by atoms with Crippen molar-refractivity contribution in [1.82, 2.24) is 9.29 Å². The zero-order valence-electron chi connectivity index (χ0n) is 17.6. The molecule has 0 bridgehead atoms.